The molecule has 1 amide bonds. The van der Waals surface area contributed by atoms with E-state index in [4.69, 9.17) is 10.00 Å². The molecule has 0 radical (unpaired) electrons. The summed E-state index contributed by atoms with van der Waals surface area (Å²) in [7, 11) is 0. The average molecular weight is 373 g/mol. The first-order chi connectivity index (χ1) is 12.7. The van der Waals surface area contributed by atoms with Crippen LogP contribution in [-0.2, 0) is 16.0 Å². The van der Waals surface area contributed by atoms with Gasteiger partial charge in [0.1, 0.15) is 22.5 Å². The summed E-state index contributed by atoms with van der Waals surface area (Å²) in [6, 6.07) is 3.27. The maximum atomic E-state index is 12.1. The lowest BCUT2D eigenvalue weighted by molar-refractivity contribution is -0.120. The van der Waals surface area contributed by atoms with E-state index < -0.39 is 0 Å². The Kier molecular flexibility index (Phi) is 6.12. The highest BCUT2D eigenvalue weighted by atomic mass is 32.1. The van der Waals surface area contributed by atoms with Crippen LogP contribution < -0.4 is 5.32 Å². The molecule has 2 N–H and O–H groups in total. The van der Waals surface area contributed by atoms with E-state index in [-0.39, 0.29) is 23.6 Å². The molecule has 3 rings (SSSR count). The van der Waals surface area contributed by atoms with Gasteiger partial charge in [-0.05, 0) is 0 Å². The number of aromatic nitrogens is 2. The molecule has 0 bridgehead atoms. The number of nitriles is 1. The molecule has 0 saturated carbocycles. The number of hydrogen-bond acceptors (Lipinski definition) is 8. The van der Waals surface area contributed by atoms with E-state index in [2.05, 4.69) is 20.2 Å². The molecule has 0 aliphatic carbocycles. The van der Waals surface area contributed by atoms with Gasteiger partial charge < -0.3 is 15.2 Å². The smallest absolute Gasteiger partial charge is 0.226 e. The van der Waals surface area contributed by atoms with Gasteiger partial charge in [0.05, 0.1) is 30.9 Å². The SMILES string of the molecule is N#Cc1cnc(-c2nc(CC(=O)NCCN3CCOCC3)cs2)c(O)c1. The van der Waals surface area contributed by atoms with Crippen molar-refractivity contribution in [1.82, 2.24) is 20.2 Å². The molecule has 1 aliphatic heterocycles. The second kappa shape index (κ2) is 8.71. The second-order valence-electron chi connectivity index (χ2n) is 5.83. The fourth-order valence-electron chi connectivity index (χ4n) is 2.58. The van der Waals surface area contributed by atoms with Crippen LogP contribution in [0.1, 0.15) is 11.3 Å². The van der Waals surface area contributed by atoms with Gasteiger partial charge in [0.15, 0.2) is 0 Å². The third-order valence-corrected chi connectivity index (χ3v) is 4.84. The summed E-state index contributed by atoms with van der Waals surface area (Å²) >= 11 is 1.30. The third kappa shape index (κ3) is 4.76. The van der Waals surface area contributed by atoms with Crippen LogP contribution in [0.15, 0.2) is 17.6 Å². The number of morpholine rings is 1. The topological polar surface area (TPSA) is 111 Å². The molecule has 3 heterocycles. The lowest BCUT2D eigenvalue weighted by Crippen LogP contribution is -2.41. The Morgan fingerprint density at radius 3 is 3.00 bits per heavy atom. The van der Waals surface area contributed by atoms with Crippen molar-refractivity contribution < 1.29 is 14.6 Å². The van der Waals surface area contributed by atoms with Crippen molar-refractivity contribution in [2.45, 2.75) is 6.42 Å². The van der Waals surface area contributed by atoms with Crippen LogP contribution in [-0.4, -0.2) is 65.3 Å². The van der Waals surface area contributed by atoms with E-state index >= 15 is 0 Å². The fraction of sp³-hybridized carbons (Fsp3) is 0.412. The van der Waals surface area contributed by atoms with Gasteiger partial charge in [-0.2, -0.15) is 5.26 Å². The monoisotopic (exact) mass is 373 g/mol. The Bertz CT molecular complexity index is 811. The van der Waals surface area contributed by atoms with Crippen molar-refractivity contribution in [3.8, 4) is 22.5 Å². The van der Waals surface area contributed by atoms with Gasteiger partial charge in [-0.3, -0.25) is 9.69 Å². The van der Waals surface area contributed by atoms with E-state index in [0.717, 1.165) is 32.8 Å². The molecule has 1 saturated heterocycles. The second-order valence-corrected chi connectivity index (χ2v) is 6.69. The van der Waals surface area contributed by atoms with Gasteiger partial charge in [-0.25, -0.2) is 9.97 Å². The van der Waals surface area contributed by atoms with Gasteiger partial charge in [0.25, 0.3) is 0 Å². The van der Waals surface area contributed by atoms with E-state index in [1.807, 2.05) is 6.07 Å². The first kappa shape index (κ1) is 18.3. The Hall–Kier alpha value is -2.54. The molecular weight excluding hydrogens is 354 g/mol. The summed E-state index contributed by atoms with van der Waals surface area (Å²) in [6.07, 6.45) is 1.56. The number of amides is 1. The van der Waals surface area contributed by atoms with Gasteiger partial charge in [0.2, 0.25) is 5.91 Å². The van der Waals surface area contributed by atoms with Crippen LogP contribution in [0.25, 0.3) is 10.7 Å². The van der Waals surface area contributed by atoms with E-state index in [1.165, 1.54) is 23.6 Å². The van der Waals surface area contributed by atoms with Gasteiger partial charge in [0, 0.05) is 43.8 Å². The first-order valence-corrected chi connectivity index (χ1v) is 9.14. The summed E-state index contributed by atoms with van der Waals surface area (Å²) in [5.41, 5.74) is 1.22. The number of nitrogens with zero attached hydrogens (tertiary/aromatic N) is 4. The standard InChI is InChI=1S/C17H19N5O3S/c18-9-12-7-14(23)16(20-10-12)17-21-13(11-26-17)8-15(24)19-1-2-22-3-5-25-6-4-22/h7,10-11,23H,1-6,8H2,(H,19,24). The molecule has 0 aromatic carbocycles. The van der Waals surface area contributed by atoms with Crippen LogP contribution >= 0.6 is 11.3 Å². The maximum absolute atomic E-state index is 12.1. The summed E-state index contributed by atoms with van der Waals surface area (Å²) in [6.45, 7) is 4.67. The number of nitrogens with one attached hydrogen (secondary N) is 1. The van der Waals surface area contributed by atoms with Gasteiger partial charge in [-0.15, -0.1) is 11.3 Å². The van der Waals surface area contributed by atoms with Crippen molar-refractivity contribution in [3.63, 3.8) is 0 Å². The number of pyridine rings is 1. The number of hydrogen-bond donors (Lipinski definition) is 2. The maximum Gasteiger partial charge on any atom is 0.226 e. The predicted molar refractivity (Wildman–Crippen MR) is 95.7 cm³/mol. The number of aromatic hydroxyl groups is 1. The highest BCUT2D eigenvalue weighted by molar-refractivity contribution is 7.13. The zero-order valence-corrected chi connectivity index (χ0v) is 15.0. The molecule has 0 atom stereocenters. The summed E-state index contributed by atoms with van der Waals surface area (Å²) < 4.78 is 5.29. The number of rotatable bonds is 6. The quantitative estimate of drug-likeness (QED) is 0.769. The molecule has 136 valence electrons. The third-order valence-electron chi connectivity index (χ3n) is 3.95. The van der Waals surface area contributed by atoms with Crippen LogP contribution in [0.2, 0.25) is 0 Å². The zero-order valence-electron chi connectivity index (χ0n) is 14.1. The Balaban J connectivity index is 1.51. The summed E-state index contributed by atoms with van der Waals surface area (Å²) in [5, 5.41) is 24.0. The zero-order chi connectivity index (χ0) is 18.4. The minimum absolute atomic E-state index is 0.0906. The molecule has 26 heavy (non-hydrogen) atoms. The molecule has 2 aromatic heterocycles. The Labute approximate surface area is 155 Å². The number of carbonyl (C=O) groups excluding carboxylic acids is 1. The molecule has 0 spiro atoms. The normalized spacial score (nSPS) is 14.7. The molecular formula is C17H19N5O3S. The van der Waals surface area contributed by atoms with Crippen molar-refractivity contribution >= 4 is 17.2 Å². The number of carbonyl (C=O) groups is 1. The van der Waals surface area contributed by atoms with Crippen molar-refractivity contribution in [2.24, 2.45) is 0 Å². The average Bonchev–Trinajstić information content (AvgIpc) is 3.10. The van der Waals surface area contributed by atoms with Gasteiger partial charge in [-0.1, -0.05) is 0 Å². The van der Waals surface area contributed by atoms with Crippen LogP contribution in [0.5, 0.6) is 5.75 Å². The lowest BCUT2D eigenvalue weighted by Gasteiger charge is -2.26. The highest BCUT2D eigenvalue weighted by Gasteiger charge is 2.14. The van der Waals surface area contributed by atoms with Crippen molar-refractivity contribution in [3.05, 3.63) is 28.9 Å². The molecule has 0 unspecified atom stereocenters. The van der Waals surface area contributed by atoms with Crippen molar-refractivity contribution in [1.29, 1.82) is 5.26 Å². The summed E-state index contributed by atoms with van der Waals surface area (Å²) in [4.78, 5) is 22.7. The molecule has 8 nitrogen and oxygen atoms in total. The predicted octanol–water partition coefficient (Wildman–Crippen LogP) is 0.773. The minimum atomic E-state index is -0.0973. The first-order valence-electron chi connectivity index (χ1n) is 8.26. The molecule has 1 aliphatic rings. The van der Waals surface area contributed by atoms with Gasteiger partial charge >= 0.3 is 0 Å². The fourth-order valence-corrected chi connectivity index (χ4v) is 3.40. The van der Waals surface area contributed by atoms with Crippen LogP contribution in [0, 0.1) is 11.3 Å². The molecule has 9 heteroatoms. The van der Waals surface area contributed by atoms with Crippen LogP contribution in [0.3, 0.4) is 0 Å². The largest absolute Gasteiger partial charge is 0.506 e. The van der Waals surface area contributed by atoms with Crippen LogP contribution in [0.4, 0.5) is 0 Å². The van der Waals surface area contributed by atoms with E-state index in [0.29, 0.717) is 22.9 Å². The molecule has 1 fully saturated rings. The lowest BCUT2D eigenvalue weighted by atomic mass is 10.2. The van der Waals surface area contributed by atoms with E-state index in [1.54, 1.807) is 5.38 Å². The highest BCUT2D eigenvalue weighted by Crippen LogP contribution is 2.30. The summed E-state index contributed by atoms with van der Waals surface area (Å²) in [5.74, 6) is -0.188. The number of ether oxygens (including phenoxy) is 1. The molecule has 2 aromatic rings. The minimum Gasteiger partial charge on any atom is -0.506 e. The number of thiazole rings is 1. The van der Waals surface area contributed by atoms with E-state index in [9.17, 15) is 9.90 Å². The Morgan fingerprint density at radius 2 is 2.27 bits per heavy atom. The van der Waals surface area contributed by atoms with Crippen molar-refractivity contribution in [2.75, 3.05) is 39.4 Å². The Morgan fingerprint density at radius 1 is 1.46 bits per heavy atom.